The van der Waals surface area contributed by atoms with E-state index in [1.807, 2.05) is 38.1 Å². The van der Waals surface area contributed by atoms with E-state index in [1.54, 1.807) is 0 Å². The fraction of sp³-hybridized carbons (Fsp3) is 0.211. The average molecular weight is 373 g/mol. The summed E-state index contributed by atoms with van der Waals surface area (Å²) in [6.45, 7) is 3.02. The summed E-state index contributed by atoms with van der Waals surface area (Å²) < 4.78 is 10.4. The molecule has 0 unspecified atom stereocenters. The van der Waals surface area contributed by atoms with Crippen LogP contribution in [-0.4, -0.2) is 25.1 Å². The predicted octanol–water partition coefficient (Wildman–Crippen LogP) is 3.39. The van der Waals surface area contributed by atoms with E-state index in [1.165, 1.54) is 18.2 Å². The van der Waals surface area contributed by atoms with Crippen LogP contribution in [0.1, 0.15) is 16.7 Å². The van der Waals surface area contributed by atoms with Gasteiger partial charge < -0.3 is 14.8 Å². The standard InChI is InChI=1S/C19H17ClN2O4/c1-12-4-3-5-13(2)19(12)26-11-18(24)25-10-17(23)22-15-7-6-14(9-21)16(20)8-15/h3-8H,10-11H2,1-2H3,(H,22,23). The second kappa shape index (κ2) is 8.88. The fourth-order valence-corrected chi connectivity index (χ4v) is 2.45. The highest BCUT2D eigenvalue weighted by atomic mass is 35.5. The number of nitriles is 1. The lowest BCUT2D eigenvalue weighted by Gasteiger charge is -2.11. The Balaban J connectivity index is 1.81. The number of esters is 1. The highest BCUT2D eigenvalue weighted by Gasteiger charge is 2.11. The molecule has 0 atom stereocenters. The molecule has 7 heteroatoms. The van der Waals surface area contributed by atoms with Crippen LogP contribution in [0.25, 0.3) is 0 Å². The molecule has 0 spiro atoms. The van der Waals surface area contributed by atoms with Gasteiger partial charge >= 0.3 is 5.97 Å². The first-order chi connectivity index (χ1) is 12.4. The summed E-state index contributed by atoms with van der Waals surface area (Å²) in [7, 11) is 0. The van der Waals surface area contributed by atoms with Crippen LogP contribution < -0.4 is 10.1 Å². The van der Waals surface area contributed by atoms with Gasteiger partial charge in [-0.05, 0) is 43.2 Å². The van der Waals surface area contributed by atoms with E-state index in [2.05, 4.69) is 5.32 Å². The highest BCUT2D eigenvalue weighted by molar-refractivity contribution is 6.32. The minimum Gasteiger partial charge on any atom is -0.481 e. The third-order valence-electron chi connectivity index (χ3n) is 3.48. The van der Waals surface area contributed by atoms with Crippen LogP contribution in [0.15, 0.2) is 36.4 Å². The van der Waals surface area contributed by atoms with E-state index in [9.17, 15) is 9.59 Å². The van der Waals surface area contributed by atoms with Crippen molar-refractivity contribution in [2.24, 2.45) is 0 Å². The van der Waals surface area contributed by atoms with Crippen molar-refractivity contribution in [2.45, 2.75) is 13.8 Å². The molecule has 2 rings (SSSR count). The van der Waals surface area contributed by atoms with Crippen LogP contribution in [0.2, 0.25) is 5.02 Å². The lowest BCUT2D eigenvalue weighted by molar-refractivity contribution is -0.149. The van der Waals surface area contributed by atoms with Gasteiger partial charge in [-0.2, -0.15) is 5.26 Å². The topological polar surface area (TPSA) is 88.4 Å². The zero-order chi connectivity index (χ0) is 19.1. The van der Waals surface area contributed by atoms with Gasteiger partial charge in [-0.1, -0.05) is 29.8 Å². The molecule has 0 fully saturated rings. The number of ether oxygens (including phenoxy) is 2. The molecule has 0 bridgehead atoms. The molecular formula is C19H17ClN2O4. The summed E-state index contributed by atoms with van der Waals surface area (Å²) in [6.07, 6.45) is 0. The maximum absolute atomic E-state index is 11.8. The summed E-state index contributed by atoms with van der Waals surface area (Å²) in [5, 5.41) is 11.6. The Kier molecular flexibility index (Phi) is 6.59. The van der Waals surface area contributed by atoms with Gasteiger partial charge in [-0.3, -0.25) is 4.79 Å². The number of halogens is 1. The summed E-state index contributed by atoms with van der Waals surface area (Å²) in [5.41, 5.74) is 2.53. The molecule has 26 heavy (non-hydrogen) atoms. The molecule has 0 radical (unpaired) electrons. The molecule has 0 aliphatic rings. The van der Waals surface area contributed by atoms with Gasteiger partial charge in [0.1, 0.15) is 11.8 Å². The molecule has 0 saturated carbocycles. The first-order valence-corrected chi connectivity index (χ1v) is 8.12. The number of nitrogens with one attached hydrogen (secondary N) is 1. The molecule has 0 heterocycles. The van der Waals surface area contributed by atoms with E-state index in [0.29, 0.717) is 17.0 Å². The molecule has 1 N–H and O–H groups in total. The Bertz CT molecular complexity index is 854. The molecule has 1 amide bonds. The smallest absolute Gasteiger partial charge is 0.344 e. The third-order valence-corrected chi connectivity index (χ3v) is 3.79. The Hall–Kier alpha value is -3.04. The number of para-hydroxylation sites is 1. The number of hydrogen-bond donors (Lipinski definition) is 1. The number of rotatable bonds is 6. The highest BCUT2D eigenvalue weighted by Crippen LogP contribution is 2.22. The fourth-order valence-electron chi connectivity index (χ4n) is 2.23. The third kappa shape index (κ3) is 5.23. The first-order valence-electron chi connectivity index (χ1n) is 7.75. The first kappa shape index (κ1) is 19.3. The van der Waals surface area contributed by atoms with E-state index < -0.39 is 18.5 Å². The molecule has 0 aromatic heterocycles. The average Bonchev–Trinajstić information content (AvgIpc) is 2.60. The Morgan fingerprint density at radius 2 is 1.85 bits per heavy atom. The Morgan fingerprint density at radius 1 is 1.15 bits per heavy atom. The van der Waals surface area contributed by atoms with Crippen molar-refractivity contribution in [3.8, 4) is 11.8 Å². The van der Waals surface area contributed by atoms with Gasteiger partial charge in [0.15, 0.2) is 13.2 Å². The van der Waals surface area contributed by atoms with Crippen LogP contribution in [-0.2, 0) is 14.3 Å². The van der Waals surface area contributed by atoms with E-state index in [0.717, 1.165) is 11.1 Å². The summed E-state index contributed by atoms with van der Waals surface area (Å²) in [6, 6.07) is 12.1. The van der Waals surface area contributed by atoms with Gasteiger partial charge in [0.25, 0.3) is 5.91 Å². The van der Waals surface area contributed by atoms with Crippen LogP contribution >= 0.6 is 11.6 Å². The number of benzene rings is 2. The zero-order valence-corrected chi connectivity index (χ0v) is 15.1. The van der Waals surface area contributed by atoms with Crippen LogP contribution in [0.3, 0.4) is 0 Å². The summed E-state index contributed by atoms with van der Waals surface area (Å²) >= 11 is 5.89. The maximum Gasteiger partial charge on any atom is 0.344 e. The monoisotopic (exact) mass is 372 g/mol. The van der Waals surface area contributed by atoms with E-state index in [4.69, 9.17) is 26.3 Å². The van der Waals surface area contributed by atoms with E-state index in [-0.39, 0.29) is 11.6 Å². The number of carbonyl (C=O) groups excluding carboxylic acids is 2. The minimum atomic E-state index is -0.652. The lowest BCUT2D eigenvalue weighted by Crippen LogP contribution is -2.23. The zero-order valence-electron chi connectivity index (χ0n) is 14.3. The molecule has 2 aromatic carbocycles. The predicted molar refractivity (Wildman–Crippen MR) is 97.2 cm³/mol. The summed E-state index contributed by atoms with van der Waals surface area (Å²) in [5.74, 6) is -0.548. The van der Waals surface area contributed by atoms with Gasteiger partial charge in [0.05, 0.1) is 10.6 Å². The number of carbonyl (C=O) groups is 2. The molecule has 2 aromatic rings. The van der Waals surface area contributed by atoms with Gasteiger partial charge in [-0.25, -0.2) is 4.79 Å². The van der Waals surface area contributed by atoms with Crippen molar-refractivity contribution in [1.82, 2.24) is 0 Å². The van der Waals surface area contributed by atoms with Crippen molar-refractivity contribution >= 4 is 29.2 Å². The molecule has 6 nitrogen and oxygen atoms in total. The molecule has 0 saturated heterocycles. The lowest BCUT2D eigenvalue weighted by atomic mass is 10.1. The van der Waals surface area contributed by atoms with Gasteiger partial charge in [0, 0.05) is 5.69 Å². The van der Waals surface area contributed by atoms with Crippen molar-refractivity contribution in [3.63, 3.8) is 0 Å². The van der Waals surface area contributed by atoms with Crippen LogP contribution in [0, 0.1) is 25.2 Å². The number of hydrogen-bond acceptors (Lipinski definition) is 5. The molecular weight excluding hydrogens is 356 g/mol. The second-order valence-corrected chi connectivity index (χ2v) is 5.93. The van der Waals surface area contributed by atoms with Crippen molar-refractivity contribution in [3.05, 3.63) is 58.1 Å². The van der Waals surface area contributed by atoms with Crippen LogP contribution in [0.4, 0.5) is 5.69 Å². The number of nitrogens with zero attached hydrogens (tertiary/aromatic N) is 1. The van der Waals surface area contributed by atoms with Crippen LogP contribution in [0.5, 0.6) is 5.75 Å². The Morgan fingerprint density at radius 3 is 2.46 bits per heavy atom. The van der Waals surface area contributed by atoms with E-state index >= 15 is 0 Å². The van der Waals surface area contributed by atoms with Gasteiger partial charge in [0.2, 0.25) is 0 Å². The second-order valence-electron chi connectivity index (χ2n) is 5.52. The molecule has 0 aliphatic carbocycles. The number of anilines is 1. The summed E-state index contributed by atoms with van der Waals surface area (Å²) in [4.78, 5) is 23.6. The maximum atomic E-state index is 11.8. The normalized spacial score (nSPS) is 9.92. The quantitative estimate of drug-likeness (QED) is 0.785. The SMILES string of the molecule is Cc1cccc(C)c1OCC(=O)OCC(=O)Nc1ccc(C#N)c(Cl)c1. The van der Waals surface area contributed by atoms with Crippen molar-refractivity contribution in [2.75, 3.05) is 18.5 Å². The number of amides is 1. The van der Waals surface area contributed by atoms with Gasteiger partial charge in [-0.15, -0.1) is 0 Å². The molecule has 0 aliphatic heterocycles. The minimum absolute atomic E-state index is 0.226. The van der Waals surface area contributed by atoms with Crippen molar-refractivity contribution in [1.29, 1.82) is 5.26 Å². The van der Waals surface area contributed by atoms with Crippen molar-refractivity contribution < 1.29 is 19.1 Å². The largest absolute Gasteiger partial charge is 0.481 e. The molecule has 134 valence electrons. The number of aryl methyl sites for hydroxylation is 2. The Labute approximate surface area is 156 Å².